The molecule has 6 rings (SSSR count). The van der Waals surface area contributed by atoms with Crippen LogP contribution in [0.1, 0.15) is 45.8 Å². The molecule has 10 heteroatoms. The lowest BCUT2D eigenvalue weighted by molar-refractivity contribution is 0.0939. The van der Waals surface area contributed by atoms with Crippen molar-refractivity contribution in [2.75, 3.05) is 0 Å². The van der Waals surface area contributed by atoms with Crippen LogP contribution < -0.4 is 10.9 Å². The number of nitrogens with zero attached hydrogens (tertiary/aromatic N) is 7. The maximum absolute atomic E-state index is 14.2. The summed E-state index contributed by atoms with van der Waals surface area (Å²) in [5, 5.41) is 20.5. The summed E-state index contributed by atoms with van der Waals surface area (Å²) in [6, 6.07) is 18.0. The lowest BCUT2D eigenvalue weighted by Crippen LogP contribution is -2.32. The Morgan fingerprint density at radius 1 is 1.05 bits per heavy atom. The van der Waals surface area contributed by atoms with E-state index in [4.69, 9.17) is 0 Å². The molecule has 0 fully saturated rings. The first-order chi connectivity index (χ1) is 19.4. The van der Waals surface area contributed by atoms with E-state index in [2.05, 4.69) is 37.7 Å². The molecule has 6 aromatic rings. The first-order valence-electron chi connectivity index (χ1n) is 12.6. The fraction of sp³-hybridized carbons (Fsp3) is 0.133. The molecule has 0 aliphatic carbocycles. The largest absolute Gasteiger partial charge is 0.344 e. The number of nitrogens with one attached hydrogen (secondary N) is 1. The van der Waals surface area contributed by atoms with Gasteiger partial charge in [0.1, 0.15) is 5.52 Å². The minimum Gasteiger partial charge on any atom is -0.344 e. The van der Waals surface area contributed by atoms with Crippen LogP contribution in [0.3, 0.4) is 0 Å². The molecule has 1 atom stereocenters. The number of fused-ring (bicyclic) bond motifs is 2. The van der Waals surface area contributed by atoms with Gasteiger partial charge in [-0.15, -0.1) is 9.73 Å². The number of para-hydroxylation sites is 1. The molecule has 0 unspecified atom stereocenters. The van der Waals surface area contributed by atoms with Crippen LogP contribution in [0, 0.1) is 18.8 Å². The zero-order valence-corrected chi connectivity index (χ0v) is 22.0. The Labute approximate surface area is 228 Å². The molecule has 40 heavy (non-hydrogen) atoms. The summed E-state index contributed by atoms with van der Waals surface area (Å²) in [6.45, 7) is 3.60. The molecule has 196 valence electrons. The van der Waals surface area contributed by atoms with Crippen molar-refractivity contribution in [2.45, 2.75) is 19.9 Å². The molecule has 0 radical (unpaired) electrons. The average molecular weight is 529 g/mol. The Bertz CT molecular complexity index is 2030. The molecule has 4 aromatic heterocycles. The van der Waals surface area contributed by atoms with Gasteiger partial charge in [0, 0.05) is 30.2 Å². The van der Waals surface area contributed by atoms with E-state index in [1.165, 1.54) is 10.8 Å². The number of hydrogen-bond donors (Lipinski definition) is 1. The van der Waals surface area contributed by atoms with Gasteiger partial charge in [0.2, 0.25) is 0 Å². The summed E-state index contributed by atoms with van der Waals surface area (Å²) < 4.78 is 4.65. The average Bonchev–Trinajstić information content (AvgIpc) is 3.53. The molecule has 0 aliphatic rings. The number of pyridine rings is 1. The number of aryl methyl sites for hydroxylation is 2. The zero-order chi connectivity index (χ0) is 27.8. The molecule has 2 aromatic carbocycles. The van der Waals surface area contributed by atoms with Gasteiger partial charge in [-0.1, -0.05) is 42.2 Å². The van der Waals surface area contributed by atoms with Crippen LogP contribution in [0.4, 0.5) is 0 Å². The second kappa shape index (κ2) is 9.96. The Hall–Kier alpha value is -5.56. The Kier molecular flexibility index (Phi) is 6.16. The fourth-order valence-corrected chi connectivity index (χ4v) is 4.83. The minimum atomic E-state index is -0.529. The second-order valence-corrected chi connectivity index (χ2v) is 9.42. The van der Waals surface area contributed by atoms with E-state index in [0.717, 1.165) is 10.9 Å². The molecular weight excluding hydrogens is 504 g/mol. The molecule has 0 bridgehead atoms. The fourth-order valence-electron chi connectivity index (χ4n) is 4.83. The highest BCUT2D eigenvalue weighted by Crippen LogP contribution is 2.24. The van der Waals surface area contributed by atoms with Crippen LogP contribution in [-0.2, 0) is 7.05 Å². The van der Waals surface area contributed by atoms with Crippen LogP contribution in [0.2, 0.25) is 0 Å². The number of aromatic nitrogens is 7. The van der Waals surface area contributed by atoms with E-state index < -0.39 is 6.04 Å². The van der Waals surface area contributed by atoms with Gasteiger partial charge in [-0.2, -0.15) is 10.2 Å². The van der Waals surface area contributed by atoms with Gasteiger partial charge in [-0.05, 0) is 54.8 Å². The molecule has 0 spiro atoms. The number of amides is 1. The highest BCUT2D eigenvalue weighted by molar-refractivity contribution is 6.02. The maximum atomic E-state index is 14.2. The standard InChI is InChI=1S/C30H24N8O2/c1-19(33-29(39)27-20(2)34-38-25(27)14-15-31-35-38)26-16-23-9-7-8-22(13-12-21-17-32-36(3)18-21)28(23)30(40)37(26)24-10-5-4-6-11-24/h4-11,14-19H,1-3H3,(H,33,39)/t19-/m0/s1. The summed E-state index contributed by atoms with van der Waals surface area (Å²) in [5.74, 6) is 5.93. The van der Waals surface area contributed by atoms with Crippen molar-refractivity contribution in [1.82, 2.24) is 39.7 Å². The van der Waals surface area contributed by atoms with Crippen molar-refractivity contribution in [1.29, 1.82) is 0 Å². The SMILES string of the molecule is Cc1nn2nnccc2c1C(=O)N[C@@H](C)c1cc2cccc(C#Cc3cnn(C)c3)c2c(=O)n1-c1ccccc1. The number of carbonyl (C=O) groups is 1. The first-order valence-corrected chi connectivity index (χ1v) is 12.6. The molecule has 10 nitrogen and oxygen atoms in total. The molecule has 0 saturated heterocycles. The van der Waals surface area contributed by atoms with E-state index in [9.17, 15) is 9.59 Å². The van der Waals surface area contributed by atoms with Gasteiger partial charge in [0.25, 0.3) is 11.5 Å². The minimum absolute atomic E-state index is 0.224. The van der Waals surface area contributed by atoms with Crippen molar-refractivity contribution in [3.05, 3.63) is 118 Å². The van der Waals surface area contributed by atoms with Gasteiger partial charge < -0.3 is 5.32 Å². The van der Waals surface area contributed by atoms with Crippen molar-refractivity contribution in [2.24, 2.45) is 7.05 Å². The molecule has 0 saturated carbocycles. The predicted molar refractivity (Wildman–Crippen MR) is 150 cm³/mol. The number of hydrogen-bond acceptors (Lipinski definition) is 6. The van der Waals surface area contributed by atoms with Crippen molar-refractivity contribution in [3.8, 4) is 17.5 Å². The lowest BCUT2D eigenvalue weighted by atomic mass is 10.0. The third-order valence-corrected chi connectivity index (χ3v) is 6.67. The monoisotopic (exact) mass is 528 g/mol. The number of carbonyl (C=O) groups excluding carboxylic acids is 1. The van der Waals surface area contributed by atoms with Gasteiger partial charge >= 0.3 is 0 Å². The van der Waals surface area contributed by atoms with E-state index in [-0.39, 0.29) is 11.5 Å². The summed E-state index contributed by atoms with van der Waals surface area (Å²) in [6.07, 6.45) is 5.02. The zero-order valence-electron chi connectivity index (χ0n) is 22.0. The van der Waals surface area contributed by atoms with Crippen LogP contribution in [0.25, 0.3) is 22.0 Å². The summed E-state index contributed by atoms with van der Waals surface area (Å²) in [7, 11) is 1.83. The third-order valence-electron chi connectivity index (χ3n) is 6.67. The molecule has 1 amide bonds. The van der Waals surface area contributed by atoms with Gasteiger partial charge in [0.15, 0.2) is 0 Å². The van der Waals surface area contributed by atoms with Gasteiger partial charge in [-0.3, -0.25) is 18.8 Å². The van der Waals surface area contributed by atoms with Crippen molar-refractivity contribution in [3.63, 3.8) is 0 Å². The van der Waals surface area contributed by atoms with Crippen molar-refractivity contribution < 1.29 is 4.79 Å². The summed E-state index contributed by atoms with van der Waals surface area (Å²) in [5.41, 5.74) is 3.94. The lowest BCUT2D eigenvalue weighted by Gasteiger charge is -2.21. The third kappa shape index (κ3) is 4.39. The molecule has 4 heterocycles. The number of benzene rings is 2. The summed E-state index contributed by atoms with van der Waals surface area (Å²) in [4.78, 5) is 27.6. The predicted octanol–water partition coefficient (Wildman–Crippen LogP) is 3.36. The van der Waals surface area contributed by atoms with Crippen LogP contribution >= 0.6 is 0 Å². The normalized spacial score (nSPS) is 11.8. The van der Waals surface area contributed by atoms with E-state index in [1.54, 1.807) is 28.4 Å². The maximum Gasteiger partial charge on any atom is 0.264 e. The molecule has 0 aliphatic heterocycles. The Balaban J connectivity index is 1.48. The van der Waals surface area contributed by atoms with Crippen LogP contribution in [0.15, 0.2) is 84.0 Å². The second-order valence-electron chi connectivity index (χ2n) is 9.42. The van der Waals surface area contributed by atoms with Gasteiger partial charge in [-0.25, -0.2) is 0 Å². The highest BCUT2D eigenvalue weighted by atomic mass is 16.2. The number of rotatable bonds is 4. The Morgan fingerprint density at radius 3 is 2.65 bits per heavy atom. The first kappa shape index (κ1) is 24.8. The van der Waals surface area contributed by atoms with E-state index >= 15 is 0 Å². The van der Waals surface area contributed by atoms with Crippen molar-refractivity contribution >= 4 is 22.2 Å². The topological polar surface area (TPSA) is 112 Å². The molecule has 1 N–H and O–H groups in total. The van der Waals surface area contributed by atoms with Crippen LogP contribution in [-0.4, -0.2) is 40.3 Å². The van der Waals surface area contributed by atoms with Gasteiger partial charge in [0.05, 0.1) is 40.6 Å². The quantitative estimate of drug-likeness (QED) is 0.351. The molecular formula is C30H24N8O2. The van der Waals surface area contributed by atoms with E-state index in [0.29, 0.717) is 39.1 Å². The smallest absolute Gasteiger partial charge is 0.264 e. The summed E-state index contributed by atoms with van der Waals surface area (Å²) >= 11 is 0. The van der Waals surface area contributed by atoms with Crippen LogP contribution in [0.5, 0.6) is 0 Å². The highest BCUT2D eigenvalue weighted by Gasteiger charge is 2.23. The Morgan fingerprint density at radius 2 is 1.88 bits per heavy atom. The van der Waals surface area contributed by atoms with E-state index in [1.807, 2.05) is 74.8 Å².